The zero-order chi connectivity index (χ0) is 16.3. The van der Waals surface area contributed by atoms with Gasteiger partial charge in [-0.2, -0.15) is 0 Å². The highest BCUT2D eigenvalue weighted by Gasteiger charge is 2.27. The van der Waals surface area contributed by atoms with Gasteiger partial charge in [-0.15, -0.1) is 24.0 Å². The zero-order valence-corrected chi connectivity index (χ0v) is 17.9. The summed E-state index contributed by atoms with van der Waals surface area (Å²) in [5.41, 5.74) is 0. The van der Waals surface area contributed by atoms with Gasteiger partial charge in [0, 0.05) is 39.3 Å². The van der Waals surface area contributed by atoms with Crippen LogP contribution < -0.4 is 10.6 Å². The molecule has 0 aromatic carbocycles. The Labute approximate surface area is 165 Å². The molecule has 2 saturated carbocycles. The predicted molar refractivity (Wildman–Crippen MR) is 112 cm³/mol. The van der Waals surface area contributed by atoms with Crippen LogP contribution in [0.15, 0.2) is 4.99 Å². The van der Waals surface area contributed by atoms with Gasteiger partial charge in [0.15, 0.2) is 5.96 Å². The van der Waals surface area contributed by atoms with Crippen LogP contribution in [0.1, 0.15) is 58.3 Å². The third-order valence-electron chi connectivity index (χ3n) is 4.90. The first kappa shape index (κ1) is 22.0. The Morgan fingerprint density at radius 2 is 1.79 bits per heavy atom. The van der Waals surface area contributed by atoms with Gasteiger partial charge in [0.1, 0.15) is 0 Å². The number of nitrogens with zero attached hydrogens (tertiary/aromatic N) is 2. The van der Waals surface area contributed by atoms with E-state index in [1.165, 1.54) is 44.9 Å². The number of rotatable bonds is 10. The lowest BCUT2D eigenvalue weighted by Crippen LogP contribution is -2.42. The number of nitrogens with one attached hydrogen (secondary N) is 2. The highest BCUT2D eigenvalue weighted by Crippen LogP contribution is 2.25. The Bertz CT molecular complexity index is 344. The van der Waals surface area contributed by atoms with E-state index in [9.17, 15) is 0 Å². The molecule has 0 unspecified atom stereocenters. The van der Waals surface area contributed by atoms with Crippen LogP contribution >= 0.6 is 24.0 Å². The van der Waals surface area contributed by atoms with Crippen molar-refractivity contribution < 1.29 is 4.74 Å². The van der Waals surface area contributed by atoms with E-state index >= 15 is 0 Å². The van der Waals surface area contributed by atoms with Crippen LogP contribution in [-0.4, -0.2) is 62.8 Å². The Kier molecular flexibility index (Phi) is 12.0. The lowest BCUT2D eigenvalue weighted by Gasteiger charge is -2.22. The fourth-order valence-electron chi connectivity index (χ4n) is 3.34. The van der Waals surface area contributed by atoms with Gasteiger partial charge in [-0.25, -0.2) is 0 Å². The first-order valence-corrected chi connectivity index (χ1v) is 9.63. The van der Waals surface area contributed by atoms with Crippen molar-refractivity contribution in [2.45, 2.75) is 70.4 Å². The molecule has 6 heteroatoms. The van der Waals surface area contributed by atoms with E-state index < -0.39 is 0 Å². The van der Waals surface area contributed by atoms with Gasteiger partial charge < -0.3 is 15.4 Å². The van der Waals surface area contributed by atoms with E-state index in [4.69, 9.17) is 4.74 Å². The summed E-state index contributed by atoms with van der Waals surface area (Å²) < 4.78 is 5.95. The molecule has 0 spiro atoms. The quantitative estimate of drug-likeness (QED) is 0.232. The van der Waals surface area contributed by atoms with Crippen LogP contribution in [0.5, 0.6) is 0 Å². The standard InChI is InChI=1S/C18H36N4O.HI/c1-3-22(16-10-11-16)14-13-21-18(19-2)20-12-7-15-23-17-8-5-4-6-9-17;/h16-17H,3-15H2,1-2H3,(H2,19,20,21);1H. The Morgan fingerprint density at radius 3 is 2.42 bits per heavy atom. The average Bonchev–Trinajstić information content (AvgIpc) is 3.42. The summed E-state index contributed by atoms with van der Waals surface area (Å²) in [5.74, 6) is 0.912. The molecule has 5 nitrogen and oxygen atoms in total. The number of halogens is 1. The van der Waals surface area contributed by atoms with Crippen LogP contribution in [-0.2, 0) is 4.74 Å². The minimum absolute atomic E-state index is 0. The first-order chi connectivity index (χ1) is 11.3. The molecule has 0 radical (unpaired) electrons. The van der Waals surface area contributed by atoms with E-state index in [2.05, 4.69) is 27.4 Å². The van der Waals surface area contributed by atoms with Gasteiger partial charge in [0.05, 0.1) is 6.10 Å². The van der Waals surface area contributed by atoms with Crippen molar-refractivity contribution >= 4 is 29.9 Å². The fourth-order valence-corrected chi connectivity index (χ4v) is 3.34. The van der Waals surface area contributed by atoms with Crippen molar-refractivity contribution in [3.05, 3.63) is 0 Å². The Balaban J connectivity index is 0.00000288. The molecule has 2 rings (SSSR count). The third-order valence-corrected chi connectivity index (χ3v) is 4.90. The second-order valence-electron chi connectivity index (χ2n) is 6.77. The number of guanidine groups is 1. The molecule has 0 saturated heterocycles. The van der Waals surface area contributed by atoms with Crippen molar-refractivity contribution in [2.75, 3.05) is 39.8 Å². The molecular formula is C18H37IN4O. The smallest absolute Gasteiger partial charge is 0.191 e. The summed E-state index contributed by atoms with van der Waals surface area (Å²) in [4.78, 5) is 6.85. The second-order valence-corrected chi connectivity index (χ2v) is 6.77. The highest BCUT2D eigenvalue weighted by atomic mass is 127. The Hall–Kier alpha value is -0.0800. The number of ether oxygens (including phenoxy) is 1. The van der Waals surface area contributed by atoms with Crippen LogP contribution in [0, 0.1) is 0 Å². The molecule has 0 bridgehead atoms. The summed E-state index contributed by atoms with van der Waals surface area (Å²) in [6, 6.07) is 0.841. The molecule has 2 aliphatic carbocycles. The minimum Gasteiger partial charge on any atom is -0.378 e. The van der Waals surface area contributed by atoms with Crippen molar-refractivity contribution in [1.29, 1.82) is 0 Å². The molecule has 0 aromatic rings. The van der Waals surface area contributed by atoms with E-state index in [0.29, 0.717) is 6.10 Å². The number of hydrogen-bond acceptors (Lipinski definition) is 3. The van der Waals surface area contributed by atoms with Crippen LogP contribution in [0.4, 0.5) is 0 Å². The number of likely N-dealkylation sites (N-methyl/N-ethyl adjacent to an activating group) is 1. The molecular weight excluding hydrogens is 415 g/mol. The lowest BCUT2D eigenvalue weighted by atomic mass is 9.98. The van der Waals surface area contributed by atoms with E-state index in [-0.39, 0.29) is 24.0 Å². The zero-order valence-electron chi connectivity index (χ0n) is 15.6. The Morgan fingerprint density at radius 1 is 1.08 bits per heavy atom. The van der Waals surface area contributed by atoms with Crippen molar-refractivity contribution in [1.82, 2.24) is 15.5 Å². The molecule has 0 atom stereocenters. The molecule has 24 heavy (non-hydrogen) atoms. The first-order valence-electron chi connectivity index (χ1n) is 9.63. The second kappa shape index (κ2) is 13.2. The SMILES string of the molecule is CCN(CCNC(=NC)NCCCOC1CCCCC1)C1CC1.I. The predicted octanol–water partition coefficient (Wildman–Crippen LogP) is 2.99. The monoisotopic (exact) mass is 452 g/mol. The summed E-state index contributed by atoms with van der Waals surface area (Å²) in [6.07, 6.45) is 10.9. The molecule has 0 aromatic heterocycles. The van der Waals surface area contributed by atoms with Gasteiger partial charge in [0.2, 0.25) is 0 Å². The molecule has 0 aliphatic heterocycles. The molecule has 142 valence electrons. The largest absolute Gasteiger partial charge is 0.378 e. The molecule has 0 heterocycles. The van der Waals surface area contributed by atoms with E-state index in [0.717, 1.165) is 51.2 Å². The van der Waals surface area contributed by atoms with Gasteiger partial charge in [-0.1, -0.05) is 26.2 Å². The van der Waals surface area contributed by atoms with Crippen molar-refractivity contribution in [3.63, 3.8) is 0 Å². The van der Waals surface area contributed by atoms with Crippen LogP contribution in [0.3, 0.4) is 0 Å². The number of aliphatic imine (C=N–C) groups is 1. The normalized spacial score (nSPS) is 19.2. The maximum atomic E-state index is 5.95. The molecule has 2 fully saturated rings. The maximum absolute atomic E-state index is 5.95. The van der Waals surface area contributed by atoms with Gasteiger partial charge in [-0.3, -0.25) is 9.89 Å². The molecule has 0 amide bonds. The minimum atomic E-state index is 0. The summed E-state index contributed by atoms with van der Waals surface area (Å²) in [6.45, 7) is 7.25. The highest BCUT2D eigenvalue weighted by molar-refractivity contribution is 14.0. The topological polar surface area (TPSA) is 48.9 Å². The van der Waals surface area contributed by atoms with Crippen molar-refractivity contribution in [2.24, 2.45) is 4.99 Å². The van der Waals surface area contributed by atoms with Crippen LogP contribution in [0.2, 0.25) is 0 Å². The maximum Gasteiger partial charge on any atom is 0.191 e. The summed E-state index contributed by atoms with van der Waals surface area (Å²) in [5, 5.41) is 6.80. The third kappa shape index (κ3) is 8.85. The van der Waals surface area contributed by atoms with Gasteiger partial charge >= 0.3 is 0 Å². The average molecular weight is 452 g/mol. The van der Waals surface area contributed by atoms with E-state index in [1.54, 1.807) is 0 Å². The lowest BCUT2D eigenvalue weighted by molar-refractivity contribution is 0.0277. The summed E-state index contributed by atoms with van der Waals surface area (Å²) >= 11 is 0. The fraction of sp³-hybridized carbons (Fsp3) is 0.944. The van der Waals surface area contributed by atoms with Crippen LogP contribution in [0.25, 0.3) is 0 Å². The molecule has 2 N–H and O–H groups in total. The van der Waals surface area contributed by atoms with Gasteiger partial charge in [-0.05, 0) is 38.6 Å². The van der Waals surface area contributed by atoms with E-state index in [1.807, 2.05) is 7.05 Å². The van der Waals surface area contributed by atoms with Gasteiger partial charge in [0.25, 0.3) is 0 Å². The molecule has 2 aliphatic rings. The van der Waals surface area contributed by atoms with Crippen molar-refractivity contribution in [3.8, 4) is 0 Å². The number of hydrogen-bond donors (Lipinski definition) is 2. The summed E-state index contributed by atoms with van der Waals surface area (Å²) in [7, 11) is 1.84.